The summed E-state index contributed by atoms with van der Waals surface area (Å²) in [6, 6.07) is 7.15. The number of carbonyl (C=O) groups is 1. The number of hydrogen-bond acceptors (Lipinski definition) is 6. The quantitative estimate of drug-likeness (QED) is 0.432. The molecule has 0 aromatic heterocycles. The summed E-state index contributed by atoms with van der Waals surface area (Å²) >= 11 is 13.1. The first kappa shape index (κ1) is 19.7. The summed E-state index contributed by atoms with van der Waals surface area (Å²) in [4.78, 5) is 12.3. The molecule has 0 heterocycles. The van der Waals surface area contributed by atoms with E-state index in [4.69, 9.17) is 33.7 Å². The molecule has 0 amide bonds. The van der Waals surface area contributed by atoms with E-state index in [-0.39, 0.29) is 31.9 Å². The smallest absolute Gasteiger partial charge is 0.340 e. The van der Waals surface area contributed by atoms with Crippen LogP contribution < -0.4 is 10.5 Å². The number of nitrogen functional groups attached to an aromatic ring is 1. The van der Waals surface area contributed by atoms with Gasteiger partial charge < -0.3 is 10.5 Å². The van der Waals surface area contributed by atoms with Crippen LogP contribution in [-0.2, 0) is 14.8 Å². The minimum atomic E-state index is -4.07. The van der Waals surface area contributed by atoms with Crippen LogP contribution in [0.3, 0.4) is 0 Å². The van der Waals surface area contributed by atoms with Crippen LogP contribution in [0.2, 0.25) is 10.0 Å². The molecule has 0 aliphatic carbocycles. The van der Waals surface area contributed by atoms with Gasteiger partial charge in [0.05, 0.1) is 39.0 Å². The summed E-state index contributed by atoms with van der Waals surface area (Å²) in [6.45, 7) is 0. The second-order valence-electron chi connectivity index (χ2n) is 4.78. The number of methoxy groups -OCH3 is 1. The topological polar surface area (TPSA) is 98.5 Å². The SMILES string of the molecule is COC(=O)c1cccc(SC)c1NS(=O)(=O)c1cc(Cl)c(N)c(Cl)c1. The van der Waals surface area contributed by atoms with E-state index in [1.54, 1.807) is 18.4 Å². The number of nitrogens with two attached hydrogens (primary N) is 1. The van der Waals surface area contributed by atoms with Crippen molar-refractivity contribution >= 4 is 62.3 Å². The number of rotatable bonds is 5. The van der Waals surface area contributed by atoms with Gasteiger partial charge in [0.15, 0.2) is 0 Å². The summed E-state index contributed by atoms with van der Waals surface area (Å²) in [6.07, 6.45) is 1.76. The first-order valence-electron chi connectivity index (χ1n) is 6.74. The van der Waals surface area contributed by atoms with Crippen molar-refractivity contribution in [2.75, 3.05) is 23.8 Å². The monoisotopic (exact) mass is 420 g/mol. The largest absolute Gasteiger partial charge is 0.465 e. The molecule has 0 atom stereocenters. The third-order valence-electron chi connectivity index (χ3n) is 3.25. The molecule has 10 heteroatoms. The van der Waals surface area contributed by atoms with Gasteiger partial charge in [0, 0.05) is 4.90 Å². The van der Waals surface area contributed by atoms with E-state index in [1.165, 1.54) is 37.1 Å². The number of esters is 1. The summed E-state index contributed by atoms with van der Waals surface area (Å²) in [5.74, 6) is -0.665. The summed E-state index contributed by atoms with van der Waals surface area (Å²) in [5, 5.41) is 0.0263. The maximum absolute atomic E-state index is 12.7. The van der Waals surface area contributed by atoms with E-state index in [0.29, 0.717) is 4.90 Å². The number of nitrogens with one attached hydrogen (secondary N) is 1. The van der Waals surface area contributed by atoms with Crippen molar-refractivity contribution < 1.29 is 17.9 Å². The minimum absolute atomic E-state index is 0.0132. The van der Waals surface area contributed by atoms with Crippen LogP contribution in [-0.4, -0.2) is 27.8 Å². The van der Waals surface area contributed by atoms with Crippen molar-refractivity contribution in [3.8, 4) is 0 Å². The highest BCUT2D eigenvalue weighted by Gasteiger charge is 2.23. The fourth-order valence-corrected chi connectivity index (χ4v) is 4.41. The molecule has 0 spiro atoms. The third kappa shape index (κ3) is 4.14. The van der Waals surface area contributed by atoms with Gasteiger partial charge in [-0.1, -0.05) is 29.3 Å². The fourth-order valence-electron chi connectivity index (χ4n) is 2.00. The number of halogens is 2. The van der Waals surface area contributed by atoms with Crippen molar-refractivity contribution in [2.24, 2.45) is 0 Å². The van der Waals surface area contributed by atoms with E-state index in [0.717, 1.165) is 0 Å². The first-order valence-corrected chi connectivity index (χ1v) is 10.2. The van der Waals surface area contributed by atoms with Gasteiger partial charge in [0.1, 0.15) is 0 Å². The number of hydrogen-bond donors (Lipinski definition) is 2. The molecule has 0 radical (unpaired) electrons. The maximum Gasteiger partial charge on any atom is 0.340 e. The molecule has 0 bridgehead atoms. The fraction of sp³-hybridized carbons (Fsp3) is 0.133. The molecule has 25 heavy (non-hydrogen) atoms. The van der Waals surface area contributed by atoms with E-state index in [9.17, 15) is 13.2 Å². The molecular weight excluding hydrogens is 407 g/mol. The summed E-state index contributed by atoms with van der Waals surface area (Å²) < 4.78 is 32.5. The van der Waals surface area contributed by atoms with Crippen molar-refractivity contribution in [3.63, 3.8) is 0 Å². The van der Waals surface area contributed by atoms with Crippen LogP contribution in [0.1, 0.15) is 10.4 Å². The van der Waals surface area contributed by atoms with Gasteiger partial charge in [0.25, 0.3) is 10.0 Å². The van der Waals surface area contributed by atoms with E-state index in [1.807, 2.05) is 0 Å². The number of anilines is 2. The number of sulfonamides is 1. The molecule has 0 saturated carbocycles. The first-order chi connectivity index (χ1) is 11.7. The standard InChI is InChI=1S/C15H14Cl2N2O4S2/c1-23-15(20)9-4-3-5-12(24-2)14(9)19-25(21,22)8-6-10(16)13(18)11(17)7-8/h3-7,19H,18H2,1-2H3. The zero-order valence-corrected chi connectivity index (χ0v) is 16.3. The van der Waals surface area contributed by atoms with Gasteiger partial charge >= 0.3 is 5.97 Å². The van der Waals surface area contributed by atoms with Gasteiger partial charge in [-0.2, -0.15) is 0 Å². The van der Waals surface area contributed by atoms with Gasteiger partial charge in [0.2, 0.25) is 0 Å². The number of para-hydroxylation sites is 1. The van der Waals surface area contributed by atoms with Crippen LogP contribution in [0, 0.1) is 0 Å². The Labute approximate surface area is 159 Å². The highest BCUT2D eigenvalue weighted by atomic mass is 35.5. The second-order valence-corrected chi connectivity index (χ2v) is 8.13. The predicted octanol–water partition coefficient (Wildman–Crippen LogP) is 3.88. The zero-order valence-electron chi connectivity index (χ0n) is 13.2. The molecule has 6 nitrogen and oxygen atoms in total. The number of carbonyl (C=O) groups excluding carboxylic acids is 1. The Kier molecular flexibility index (Phi) is 6.10. The Hall–Kier alpha value is -1.61. The Bertz CT molecular complexity index is 910. The van der Waals surface area contributed by atoms with Gasteiger partial charge in [-0.15, -0.1) is 11.8 Å². The van der Waals surface area contributed by atoms with Crippen LogP contribution in [0.15, 0.2) is 40.1 Å². The molecule has 134 valence electrons. The molecule has 3 N–H and O–H groups in total. The molecule has 0 aliphatic heterocycles. The van der Waals surface area contributed by atoms with Gasteiger partial charge in [-0.3, -0.25) is 4.72 Å². The molecule has 0 aliphatic rings. The summed E-state index contributed by atoms with van der Waals surface area (Å²) in [7, 11) is -2.85. The minimum Gasteiger partial charge on any atom is -0.465 e. The van der Waals surface area contributed by atoms with Crippen LogP contribution in [0.5, 0.6) is 0 Å². The molecule has 2 aromatic rings. The lowest BCUT2D eigenvalue weighted by atomic mass is 10.2. The molecule has 2 rings (SSSR count). The average Bonchev–Trinajstić information content (AvgIpc) is 2.58. The van der Waals surface area contributed by atoms with E-state index >= 15 is 0 Å². The molecule has 0 saturated heterocycles. The van der Waals surface area contributed by atoms with E-state index in [2.05, 4.69) is 4.72 Å². The van der Waals surface area contributed by atoms with Gasteiger partial charge in [-0.05, 0) is 30.5 Å². The van der Waals surface area contributed by atoms with Gasteiger partial charge in [-0.25, -0.2) is 13.2 Å². The molecular formula is C15H14Cl2N2O4S2. The van der Waals surface area contributed by atoms with Crippen LogP contribution >= 0.6 is 35.0 Å². The predicted molar refractivity (Wildman–Crippen MR) is 101 cm³/mol. The second kappa shape index (κ2) is 7.74. The number of benzene rings is 2. The van der Waals surface area contributed by atoms with Crippen molar-refractivity contribution in [3.05, 3.63) is 45.9 Å². The van der Waals surface area contributed by atoms with Crippen molar-refractivity contribution in [1.29, 1.82) is 0 Å². The van der Waals surface area contributed by atoms with Crippen molar-refractivity contribution in [1.82, 2.24) is 0 Å². The molecule has 2 aromatic carbocycles. The Balaban J connectivity index is 2.57. The highest BCUT2D eigenvalue weighted by Crippen LogP contribution is 2.34. The number of ether oxygens (including phenoxy) is 1. The van der Waals surface area contributed by atoms with Crippen LogP contribution in [0.4, 0.5) is 11.4 Å². The molecule has 0 unspecified atom stereocenters. The lowest BCUT2D eigenvalue weighted by Crippen LogP contribution is -2.17. The Morgan fingerprint density at radius 1 is 1.24 bits per heavy atom. The normalized spacial score (nSPS) is 11.2. The highest BCUT2D eigenvalue weighted by molar-refractivity contribution is 7.99. The van der Waals surface area contributed by atoms with E-state index < -0.39 is 16.0 Å². The Morgan fingerprint density at radius 2 is 1.84 bits per heavy atom. The third-order valence-corrected chi connectivity index (χ3v) is 5.99. The lowest BCUT2D eigenvalue weighted by molar-refractivity contribution is 0.0601. The molecule has 0 fully saturated rings. The van der Waals surface area contributed by atoms with Crippen molar-refractivity contribution in [2.45, 2.75) is 9.79 Å². The summed E-state index contributed by atoms with van der Waals surface area (Å²) in [5.41, 5.74) is 5.92. The number of thioether (sulfide) groups is 1. The average molecular weight is 421 g/mol. The lowest BCUT2D eigenvalue weighted by Gasteiger charge is -2.15. The maximum atomic E-state index is 12.7. The zero-order chi connectivity index (χ0) is 18.8. The Morgan fingerprint density at radius 3 is 2.36 bits per heavy atom. The van der Waals surface area contributed by atoms with Crippen LogP contribution in [0.25, 0.3) is 0 Å².